The third-order valence-corrected chi connectivity index (χ3v) is 7.20. The first-order valence-electron chi connectivity index (χ1n) is 13.0. The van der Waals surface area contributed by atoms with Gasteiger partial charge < -0.3 is 15.0 Å². The highest BCUT2D eigenvalue weighted by molar-refractivity contribution is 7.92. The molecule has 204 valence electrons. The molecule has 0 aromatic heterocycles. The van der Waals surface area contributed by atoms with Gasteiger partial charge >= 0.3 is 0 Å². The van der Waals surface area contributed by atoms with Crippen LogP contribution < -0.4 is 14.4 Å². The Balaban J connectivity index is 2.13. The Bertz CT molecular complexity index is 1070. The molecule has 2 amide bonds. The van der Waals surface area contributed by atoms with Crippen molar-refractivity contribution in [2.75, 3.05) is 36.8 Å². The Kier molecular flexibility index (Phi) is 12.4. The highest BCUT2D eigenvalue weighted by atomic mass is 32.2. The predicted molar refractivity (Wildman–Crippen MR) is 148 cm³/mol. The summed E-state index contributed by atoms with van der Waals surface area (Å²) in [4.78, 5) is 27.9. The second-order valence-corrected chi connectivity index (χ2v) is 10.8. The van der Waals surface area contributed by atoms with E-state index in [0.717, 1.165) is 18.2 Å². The summed E-state index contributed by atoms with van der Waals surface area (Å²) < 4.78 is 31.8. The van der Waals surface area contributed by atoms with Crippen LogP contribution in [0.4, 0.5) is 5.69 Å². The van der Waals surface area contributed by atoms with E-state index in [1.54, 1.807) is 29.2 Å². The van der Waals surface area contributed by atoms with Gasteiger partial charge in [0.25, 0.3) is 0 Å². The molecule has 0 spiro atoms. The van der Waals surface area contributed by atoms with Gasteiger partial charge in [-0.1, -0.05) is 44.2 Å². The van der Waals surface area contributed by atoms with Crippen LogP contribution in [-0.2, 0) is 26.0 Å². The van der Waals surface area contributed by atoms with Crippen LogP contribution in [0, 0.1) is 0 Å². The van der Waals surface area contributed by atoms with Gasteiger partial charge in [-0.25, -0.2) is 8.42 Å². The topological polar surface area (TPSA) is 96.0 Å². The predicted octanol–water partition coefficient (Wildman–Crippen LogP) is 4.01. The Labute approximate surface area is 222 Å². The second-order valence-electron chi connectivity index (χ2n) is 8.90. The van der Waals surface area contributed by atoms with E-state index in [-0.39, 0.29) is 24.8 Å². The minimum atomic E-state index is -3.55. The number of hydrogen-bond donors (Lipinski definition) is 1. The molecule has 0 aliphatic heterocycles. The molecule has 0 aliphatic carbocycles. The Morgan fingerprint density at radius 1 is 0.973 bits per heavy atom. The minimum Gasteiger partial charge on any atom is -0.494 e. The molecular formula is C28H41N3O5S. The summed E-state index contributed by atoms with van der Waals surface area (Å²) >= 11 is 0. The van der Waals surface area contributed by atoms with Crippen LogP contribution in [0.25, 0.3) is 0 Å². The van der Waals surface area contributed by atoms with Crippen LogP contribution in [0.1, 0.15) is 52.0 Å². The molecular weight excluding hydrogens is 490 g/mol. The Hall–Kier alpha value is -3.07. The number of carbonyl (C=O) groups excluding carboxylic acids is 2. The number of carbonyl (C=O) groups is 2. The molecule has 2 rings (SSSR count). The summed E-state index contributed by atoms with van der Waals surface area (Å²) in [6, 6.07) is 16.1. The van der Waals surface area contributed by atoms with E-state index in [1.807, 2.05) is 51.1 Å². The number of sulfonamides is 1. The van der Waals surface area contributed by atoms with Gasteiger partial charge in [0, 0.05) is 26.1 Å². The maximum Gasteiger partial charge on any atom is 0.242 e. The first-order chi connectivity index (χ1) is 17.7. The number of nitrogens with one attached hydrogen (secondary N) is 1. The molecule has 0 heterocycles. The van der Waals surface area contributed by atoms with Crippen molar-refractivity contribution in [3.63, 3.8) is 0 Å². The molecule has 0 saturated carbocycles. The van der Waals surface area contributed by atoms with Gasteiger partial charge in [-0.2, -0.15) is 0 Å². The zero-order valence-corrected chi connectivity index (χ0v) is 23.3. The molecule has 0 radical (unpaired) electrons. The fourth-order valence-electron chi connectivity index (χ4n) is 4.14. The highest BCUT2D eigenvalue weighted by Gasteiger charge is 2.28. The third-order valence-electron chi connectivity index (χ3n) is 6.01. The lowest BCUT2D eigenvalue weighted by molar-refractivity contribution is -0.140. The number of amides is 2. The van der Waals surface area contributed by atoms with E-state index in [0.29, 0.717) is 50.4 Å². The smallest absolute Gasteiger partial charge is 0.242 e. The lowest BCUT2D eigenvalue weighted by Gasteiger charge is -2.31. The fourth-order valence-corrected chi connectivity index (χ4v) is 5.11. The van der Waals surface area contributed by atoms with Crippen LogP contribution in [0.2, 0.25) is 0 Å². The van der Waals surface area contributed by atoms with Crippen molar-refractivity contribution in [3.05, 3.63) is 60.2 Å². The molecule has 9 heteroatoms. The quantitative estimate of drug-likeness (QED) is 0.353. The molecule has 1 unspecified atom stereocenters. The van der Waals surface area contributed by atoms with E-state index in [4.69, 9.17) is 4.74 Å². The van der Waals surface area contributed by atoms with E-state index >= 15 is 0 Å². The summed E-state index contributed by atoms with van der Waals surface area (Å²) in [6.07, 6.45) is 3.56. The lowest BCUT2D eigenvalue weighted by atomic mass is 10.1. The average Bonchev–Trinajstić information content (AvgIpc) is 2.88. The van der Waals surface area contributed by atoms with Gasteiger partial charge in [0.15, 0.2) is 0 Å². The maximum atomic E-state index is 13.4. The van der Waals surface area contributed by atoms with Crippen LogP contribution >= 0.6 is 0 Å². The normalized spacial score (nSPS) is 12.0. The fraction of sp³-hybridized carbons (Fsp3) is 0.500. The van der Waals surface area contributed by atoms with E-state index in [9.17, 15) is 18.0 Å². The van der Waals surface area contributed by atoms with Gasteiger partial charge in [-0.15, -0.1) is 0 Å². The monoisotopic (exact) mass is 531 g/mol. The molecule has 8 nitrogen and oxygen atoms in total. The van der Waals surface area contributed by atoms with Crippen LogP contribution in [0.5, 0.6) is 5.75 Å². The maximum absolute atomic E-state index is 13.4. The number of rotatable bonds is 16. The minimum absolute atomic E-state index is 0.134. The van der Waals surface area contributed by atoms with Crippen molar-refractivity contribution in [1.29, 1.82) is 0 Å². The van der Waals surface area contributed by atoms with Crippen LogP contribution in [-0.4, -0.2) is 63.7 Å². The van der Waals surface area contributed by atoms with Crippen LogP contribution in [0.15, 0.2) is 54.6 Å². The van der Waals surface area contributed by atoms with Crippen molar-refractivity contribution in [2.45, 2.75) is 58.9 Å². The van der Waals surface area contributed by atoms with Crippen molar-refractivity contribution in [3.8, 4) is 5.75 Å². The number of anilines is 1. The largest absolute Gasteiger partial charge is 0.494 e. The number of ether oxygens (including phenoxy) is 1. The van der Waals surface area contributed by atoms with Gasteiger partial charge in [0.2, 0.25) is 21.8 Å². The third kappa shape index (κ3) is 9.72. The average molecular weight is 532 g/mol. The van der Waals surface area contributed by atoms with Crippen LogP contribution in [0.3, 0.4) is 0 Å². The zero-order chi connectivity index (χ0) is 27.3. The van der Waals surface area contributed by atoms with Crippen molar-refractivity contribution in [2.24, 2.45) is 0 Å². The molecule has 2 aromatic rings. The first kappa shape index (κ1) is 30.2. The SMILES string of the molecule is CCCNC(=O)C(CC)N(CCc1ccccc1)C(=O)CCCN(c1ccc(OCC)cc1)S(C)(=O)=O. The lowest BCUT2D eigenvalue weighted by Crippen LogP contribution is -2.50. The molecule has 0 fully saturated rings. The van der Waals surface area contributed by atoms with Crippen molar-refractivity contribution >= 4 is 27.5 Å². The standard InChI is InChI=1S/C28H41N3O5S/c1-5-20-29-28(33)26(6-2)30(22-19-23-12-9-8-10-13-23)27(32)14-11-21-31(37(4,34)35)24-15-17-25(18-16-24)36-7-3/h8-10,12-13,15-18,26H,5-7,11,14,19-22H2,1-4H3,(H,29,33). The van der Waals surface area contributed by atoms with Gasteiger partial charge in [-0.05, 0) is 62.4 Å². The van der Waals surface area contributed by atoms with Crippen molar-refractivity contribution < 1.29 is 22.7 Å². The molecule has 0 saturated heterocycles. The second kappa shape index (κ2) is 15.2. The molecule has 1 atom stereocenters. The number of hydrogen-bond acceptors (Lipinski definition) is 5. The summed E-state index contributed by atoms with van der Waals surface area (Å²) in [6.45, 7) is 7.41. The highest BCUT2D eigenvalue weighted by Crippen LogP contribution is 2.22. The molecule has 37 heavy (non-hydrogen) atoms. The summed E-state index contributed by atoms with van der Waals surface area (Å²) in [7, 11) is -3.55. The first-order valence-corrected chi connectivity index (χ1v) is 14.9. The summed E-state index contributed by atoms with van der Waals surface area (Å²) in [5.74, 6) is 0.350. The Morgan fingerprint density at radius 3 is 2.22 bits per heavy atom. The molecule has 2 aromatic carbocycles. The molecule has 1 N–H and O–H groups in total. The van der Waals surface area contributed by atoms with E-state index in [1.165, 1.54) is 4.31 Å². The van der Waals surface area contributed by atoms with Gasteiger partial charge in [-0.3, -0.25) is 13.9 Å². The molecule has 0 aliphatic rings. The number of nitrogens with zero attached hydrogens (tertiary/aromatic N) is 2. The molecule has 0 bridgehead atoms. The number of benzene rings is 2. The zero-order valence-electron chi connectivity index (χ0n) is 22.5. The summed E-state index contributed by atoms with van der Waals surface area (Å²) in [5, 5.41) is 2.92. The summed E-state index contributed by atoms with van der Waals surface area (Å²) in [5.41, 5.74) is 1.60. The van der Waals surface area contributed by atoms with Gasteiger partial charge in [0.1, 0.15) is 11.8 Å². The van der Waals surface area contributed by atoms with E-state index < -0.39 is 16.1 Å². The van der Waals surface area contributed by atoms with E-state index in [2.05, 4.69) is 5.32 Å². The Morgan fingerprint density at radius 2 is 1.65 bits per heavy atom. The van der Waals surface area contributed by atoms with Crippen molar-refractivity contribution in [1.82, 2.24) is 10.2 Å². The van der Waals surface area contributed by atoms with Gasteiger partial charge in [0.05, 0.1) is 18.6 Å².